The van der Waals surface area contributed by atoms with Crippen LogP contribution in [0.2, 0.25) is 0 Å². The highest BCUT2D eigenvalue weighted by atomic mass is 16.6. The maximum absolute atomic E-state index is 12.7. The van der Waals surface area contributed by atoms with Crippen LogP contribution in [0.25, 0.3) is 0 Å². The summed E-state index contributed by atoms with van der Waals surface area (Å²) in [5.74, 6) is 0.432. The number of methoxy groups -OCH3 is 1. The van der Waals surface area contributed by atoms with Gasteiger partial charge in [-0.1, -0.05) is 44.2 Å². The van der Waals surface area contributed by atoms with Crippen molar-refractivity contribution in [2.45, 2.75) is 32.4 Å². The molecule has 0 fully saturated rings. The zero-order valence-electron chi connectivity index (χ0n) is 16.8. The molecule has 0 saturated carbocycles. The van der Waals surface area contributed by atoms with Crippen LogP contribution in [0, 0.1) is 5.92 Å². The fraction of sp³-hybridized carbons (Fsp3) is 0.318. The highest BCUT2D eigenvalue weighted by Gasteiger charge is 2.27. The van der Waals surface area contributed by atoms with Crippen molar-refractivity contribution in [3.05, 3.63) is 60.2 Å². The fourth-order valence-corrected chi connectivity index (χ4v) is 2.71. The summed E-state index contributed by atoms with van der Waals surface area (Å²) in [4.78, 5) is 36.3. The Bertz CT molecular complexity index is 806. The Hall–Kier alpha value is -3.35. The second-order valence-corrected chi connectivity index (χ2v) is 6.87. The van der Waals surface area contributed by atoms with E-state index in [1.54, 1.807) is 63.4 Å². The molecule has 0 aliphatic rings. The summed E-state index contributed by atoms with van der Waals surface area (Å²) >= 11 is 0. The summed E-state index contributed by atoms with van der Waals surface area (Å²) in [5.41, 5.74) is 0.876. The molecule has 0 spiro atoms. The molecule has 154 valence electrons. The molecule has 7 nitrogen and oxygen atoms in total. The Morgan fingerprint density at radius 2 is 1.62 bits per heavy atom. The minimum Gasteiger partial charge on any atom is -0.497 e. The summed E-state index contributed by atoms with van der Waals surface area (Å²) in [6, 6.07) is 14.2. The van der Waals surface area contributed by atoms with Crippen molar-refractivity contribution in [1.82, 2.24) is 10.6 Å². The topological polar surface area (TPSA) is 93.7 Å². The normalized spacial score (nSPS) is 12.6. The first-order chi connectivity index (χ1) is 13.9. The van der Waals surface area contributed by atoms with Crippen molar-refractivity contribution in [1.29, 1.82) is 0 Å². The van der Waals surface area contributed by atoms with Gasteiger partial charge < -0.3 is 24.9 Å². The molecule has 0 aromatic heterocycles. The molecular weight excluding hydrogens is 372 g/mol. The van der Waals surface area contributed by atoms with Gasteiger partial charge >= 0.3 is 6.09 Å². The van der Waals surface area contributed by atoms with Crippen molar-refractivity contribution in [2.75, 3.05) is 7.11 Å². The summed E-state index contributed by atoms with van der Waals surface area (Å²) < 4.78 is 10.3. The molecule has 0 radical (unpaired) electrons. The smallest absolute Gasteiger partial charge is 0.413 e. The van der Waals surface area contributed by atoms with Gasteiger partial charge in [0.15, 0.2) is 0 Å². The number of para-hydroxylation sites is 1. The van der Waals surface area contributed by atoms with E-state index in [2.05, 4.69) is 10.6 Å². The molecule has 2 N–H and O–H groups in total. The van der Waals surface area contributed by atoms with Crippen molar-refractivity contribution in [3.63, 3.8) is 0 Å². The Morgan fingerprint density at radius 1 is 0.966 bits per heavy atom. The lowest BCUT2D eigenvalue weighted by Gasteiger charge is -2.23. The van der Waals surface area contributed by atoms with Gasteiger partial charge in [0.25, 0.3) is 0 Å². The van der Waals surface area contributed by atoms with Gasteiger partial charge in [0, 0.05) is 0 Å². The molecule has 0 aliphatic carbocycles. The second-order valence-electron chi connectivity index (χ2n) is 6.87. The SMILES string of the molecule is COc1ccc(CC(C=O)NC(=O)[C@@H](NC(=O)Oc2ccccc2)C(C)C)cc1. The fourth-order valence-electron chi connectivity index (χ4n) is 2.71. The van der Waals surface area contributed by atoms with Gasteiger partial charge in [-0.05, 0) is 42.2 Å². The number of hydrogen-bond acceptors (Lipinski definition) is 5. The largest absolute Gasteiger partial charge is 0.497 e. The van der Waals surface area contributed by atoms with E-state index < -0.39 is 24.1 Å². The lowest BCUT2D eigenvalue weighted by atomic mass is 10.0. The van der Waals surface area contributed by atoms with E-state index in [4.69, 9.17) is 9.47 Å². The number of hydrogen-bond donors (Lipinski definition) is 2. The standard InChI is InChI=1S/C22H26N2O5/c1-15(2)20(24-22(27)29-19-7-5-4-6-8-19)21(26)23-17(14-25)13-16-9-11-18(28-3)12-10-16/h4-12,14-15,17,20H,13H2,1-3H3,(H,23,26)(H,24,27)/t17?,20-/m0/s1. The molecule has 0 saturated heterocycles. The third-order valence-corrected chi connectivity index (χ3v) is 4.28. The third kappa shape index (κ3) is 6.95. The average Bonchev–Trinajstić information content (AvgIpc) is 2.72. The molecule has 0 bridgehead atoms. The lowest BCUT2D eigenvalue weighted by molar-refractivity contribution is -0.126. The number of aldehydes is 1. The highest BCUT2D eigenvalue weighted by molar-refractivity contribution is 5.88. The predicted octanol–water partition coefficient (Wildman–Crippen LogP) is 2.73. The van der Waals surface area contributed by atoms with E-state index >= 15 is 0 Å². The number of amides is 2. The third-order valence-electron chi connectivity index (χ3n) is 4.28. The van der Waals surface area contributed by atoms with Gasteiger partial charge in [-0.25, -0.2) is 4.79 Å². The molecule has 7 heteroatoms. The molecule has 29 heavy (non-hydrogen) atoms. The number of carbonyl (C=O) groups is 3. The summed E-state index contributed by atoms with van der Waals surface area (Å²) in [6.07, 6.45) is 0.281. The van der Waals surface area contributed by atoms with Crippen LogP contribution in [0.3, 0.4) is 0 Å². The van der Waals surface area contributed by atoms with Crippen molar-refractivity contribution in [3.8, 4) is 11.5 Å². The summed E-state index contributed by atoms with van der Waals surface area (Å²) in [7, 11) is 1.57. The van der Waals surface area contributed by atoms with Crippen LogP contribution in [0.15, 0.2) is 54.6 Å². The minimum atomic E-state index is -0.843. The van der Waals surface area contributed by atoms with Gasteiger partial charge in [0.2, 0.25) is 5.91 Å². The van der Waals surface area contributed by atoms with Crippen LogP contribution >= 0.6 is 0 Å². The Balaban J connectivity index is 1.97. The van der Waals surface area contributed by atoms with E-state index in [1.165, 1.54) is 0 Å². The minimum absolute atomic E-state index is 0.202. The number of nitrogens with one attached hydrogen (secondary N) is 2. The van der Waals surface area contributed by atoms with Crippen molar-refractivity contribution >= 4 is 18.3 Å². The number of benzene rings is 2. The molecule has 1 unspecified atom stereocenters. The Morgan fingerprint density at radius 3 is 2.17 bits per heavy atom. The first-order valence-electron chi connectivity index (χ1n) is 9.35. The Labute approximate surface area is 170 Å². The molecule has 0 heterocycles. The average molecular weight is 398 g/mol. The van der Waals surface area contributed by atoms with Crippen LogP contribution in [0.1, 0.15) is 19.4 Å². The van der Waals surface area contributed by atoms with Gasteiger partial charge in [-0.15, -0.1) is 0 Å². The Kier molecular flexibility index (Phi) is 8.21. The highest BCUT2D eigenvalue weighted by Crippen LogP contribution is 2.13. The van der Waals surface area contributed by atoms with Gasteiger partial charge in [-0.2, -0.15) is 0 Å². The molecular formula is C22H26N2O5. The van der Waals surface area contributed by atoms with E-state index in [0.29, 0.717) is 24.2 Å². The predicted molar refractivity (Wildman–Crippen MR) is 109 cm³/mol. The quantitative estimate of drug-likeness (QED) is 0.634. The maximum Gasteiger partial charge on any atom is 0.413 e. The van der Waals surface area contributed by atoms with Crippen molar-refractivity contribution in [2.24, 2.45) is 5.92 Å². The van der Waals surface area contributed by atoms with Crippen LogP contribution in [-0.2, 0) is 16.0 Å². The summed E-state index contributed by atoms with van der Waals surface area (Å²) in [5, 5.41) is 5.25. The van der Waals surface area contributed by atoms with Gasteiger partial charge in [0.05, 0.1) is 13.2 Å². The first kappa shape index (κ1) is 21.9. The molecule has 2 amide bonds. The zero-order chi connectivity index (χ0) is 21.2. The van der Waals surface area contributed by atoms with Crippen molar-refractivity contribution < 1.29 is 23.9 Å². The maximum atomic E-state index is 12.7. The second kappa shape index (κ2) is 10.8. The van der Waals surface area contributed by atoms with E-state index in [9.17, 15) is 14.4 Å². The van der Waals surface area contributed by atoms with Gasteiger partial charge in [-0.3, -0.25) is 4.79 Å². The van der Waals surface area contributed by atoms with E-state index in [-0.39, 0.29) is 5.92 Å². The van der Waals surface area contributed by atoms with E-state index in [0.717, 1.165) is 5.56 Å². The van der Waals surface area contributed by atoms with Gasteiger partial charge in [0.1, 0.15) is 23.8 Å². The molecule has 2 aromatic carbocycles. The molecule has 2 atom stereocenters. The number of rotatable bonds is 9. The van der Waals surface area contributed by atoms with Crippen LogP contribution in [0.4, 0.5) is 4.79 Å². The zero-order valence-corrected chi connectivity index (χ0v) is 16.8. The molecule has 2 rings (SSSR count). The van der Waals surface area contributed by atoms with Crippen LogP contribution in [0.5, 0.6) is 11.5 Å². The molecule has 2 aromatic rings. The monoisotopic (exact) mass is 398 g/mol. The van der Waals surface area contributed by atoms with Crippen LogP contribution < -0.4 is 20.1 Å². The first-order valence-corrected chi connectivity index (χ1v) is 9.35. The molecule has 0 aliphatic heterocycles. The van der Waals surface area contributed by atoms with E-state index in [1.807, 2.05) is 12.1 Å². The number of ether oxygens (including phenoxy) is 2. The van der Waals surface area contributed by atoms with Crippen LogP contribution in [-0.4, -0.2) is 37.5 Å². The number of carbonyl (C=O) groups excluding carboxylic acids is 3. The summed E-state index contributed by atoms with van der Waals surface area (Å²) in [6.45, 7) is 3.60. The lowest BCUT2D eigenvalue weighted by Crippen LogP contribution is -2.53.